The Morgan fingerprint density at radius 2 is 2.04 bits per heavy atom. The predicted octanol–water partition coefficient (Wildman–Crippen LogP) is 3.32. The first-order chi connectivity index (χ1) is 13.2. The van der Waals surface area contributed by atoms with Crippen molar-refractivity contribution in [1.29, 1.82) is 0 Å². The molecule has 6 heteroatoms. The van der Waals surface area contributed by atoms with E-state index in [9.17, 15) is 9.59 Å². The molecular weight excluding hydrogens is 342 g/mol. The number of ether oxygens (including phenoxy) is 1. The van der Waals surface area contributed by atoms with Crippen molar-refractivity contribution in [3.05, 3.63) is 23.8 Å². The van der Waals surface area contributed by atoms with Gasteiger partial charge in [0.1, 0.15) is 0 Å². The van der Waals surface area contributed by atoms with Crippen LogP contribution in [0, 0.1) is 0 Å². The second kappa shape index (κ2) is 9.74. The van der Waals surface area contributed by atoms with E-state index in [1.54, 1.807) is 0 Å². The van der Waals surface area contributed by atoms with Gasteiger partial charge in [-0.15, -0.1) is 0 Å². The third kappa shape index (κ3) is 5.45. The summed E-state index contributed by atoms with van der Waals surface area (Å²) in [5.41, 5.74) is 2.26. The monoisotopic (exact) mass is 373 g/mol. The smallest absolute Gasteiger partial charge is 0.253 e. The first-order valence-corrected chi connectivity index (χ1v) is 10.3. The molecule has 0 saturated carbocycles. The second-order valence-electron chi connectivity index (χ2n) is 7.42. The van der Waals surface area contributed by atoms with Crippen LogP contribution in [0.3, 0.4) is 0 Å². The summed E-state index contributed by atoms with van der Waals surface area (Å²) in [5.74, 6) is -0.103. The number of nitrogens with zero attached hydrogens (tertiary/aromatic N) is 1. The molecule has 0 spiro atoms. The van der Waals surface area contributed by atoms with Crippen LogP contribution in [-0.4, -0.2) is 44.2 Å². The fraction of sp³-hybridized carbons (Fsp3) is 0.619. The maximum Gasteiger partial charge on any atom is 0.253 e. The standard InChI is InChI=1S/C21H31N3O3/c1-2-3-8-20(25)23-16-9-10-19(24-11-4-5-12-24)18(14-16)21(26)22-15-17-7-6-13-27-17/h9-10,14,17H,2-8,11-13,15H2,1H3,(H,22,26)(H,23,25). The lowest BCUT2D eigenvalue weighted by atomic mass is 10.1. The molecule has 2 fully saturated rings. The van der Waals surface area contributed by atoms with E-state index >= 15 is 0 Å². The summed E-state index contributed by atoms with van der Waals surface area (Å²) in [6.07, 6.45) is 6.81. The van der Waals surface area contributed by atoms with Gasteiger partial charge in [-0.3, -0.25) is 9.59 Å². The van der Waals surface area contributed by atoms with E-state index in [0.717, 1.165) is 63.9 Å². The molecule has 2 amide bonds. The molecule has 1 atom stereocenters. The molecule has 1 aromatic carbocycles. The molecule has 2 N–H and O–H groups in total. The maximum absolute atomic E-state index is 12.9. The molecule has 0 aliphatic carbocycles. The predicted molar refractivity (Wildman–Crippen MR) is 107 cm³/mol. The number of carbonyl (C=O) groups excluding carboxylic acids is 2. The van der Waals surface area contributed by atoms with Crippen molar-refractivity contribution in [3.8, 4) is 0 Å². The van der Waals surface area contributed by atoms with E-state index in [-0.39, 0.29) is 17.9 Å². The minimum absolute atomic E-state index is 0.00325. The van der Waals surface area contributed by atoms with Crippen molar-refractivity contribution in [1.82, 2.24) is 5.32 Å². The highest BCUT2D eigenvalue weighted by Crippen LogP contribution is 2.28. The van der Waals surface area contributed by atoms with Crippen LogP contribution in [0.2, 0.25) is 0 Å². The van der Waals surface area contributed by atoms with Crippen molar-refractivity contribution >= 4 is 23.2 Å². The Morgan fingerprint density at radius 3 is 2.74 bits per heavy atom. The highest BCUT2D eigenvalue weighted by molar-refractivity contribution is 6.02. The Balaban J connectivity index is 1.72. The highest BCUT2D eigenvalue weighted by atomic mass is 16.5. The van der Waals surface area contributed by atoms with E-state index in [4.69, 9.17) is 4.74 Å². The number of benzene rings is 1. The molecule has 2 saturated heterocycles. The fourth-order valence-electron chi connectivity index (χ4n) is 3.70. The molecule has 6 nitrogen and oxygen atoms in total. The van der Waals surface area contributed by atoms with E-state index in [2.05, 4.69) is 22.5 Å². The molecule has 0 aromatic heterocycles. The maximum atomic E-state index is 12.9. The van der Waals surface area contributed by atoms with Crippen LogP contribution in [-0.2, 0) is 9.53 Å². The number of amides is 2. The average molecular weight is 373 g/mol. The van der Waals surface area contributed by atoms with Gasteiger partial charge in [0, 0.05) is 44.0 Å². The number of hydrogen-bond donors (Lipinski definition) is 2. The van der Waals surface area contributed by atoms with Gasteiger partial charge in [0.15, 0.2) is 0 Å². The van der Waals surface area contributed by atoms with Crippen molar-refractivity contribution in [2.45, 2.75) is 58.0 Å². The van der Waals surface area contributed by atoms with Gasteiger partial charge in [-0.05, 0) is 50.3 Å². The third-order valence-electron chi connectivity index (χ3n) is 5.24. The number of hydrogen-bond acceptors (Lipinski definition) is 4. The molecule has 1 aromatic rings. The van der Waals surface area contributed by atoms with Crippen molar-refractivity contribution < 1.29 is 14.3 Å². The summed E-state index contributed by atoms with van der Waals surface area (Å²) in [6, 6.07) is 5.67. The van der Waals surface area contributed by atoms with Crippen LogP contribution < -0.4 is 15.5 Å². The van der Waals surface area contributed by atoms with Gasteiger partial charge in [0.05, 0.1) is 11.7 Å². The van der Waals surface area contributed by atoms with Gasteiger partial charge < -0.3 is 20.3 Å². The number of unbranched alkanes of at least 4 members (excludes halogenated alkanes) is 1. The number of anilines is 2. The largest absolute Gasteiger partial charge is 0.376 e. The van der Waals surface area contributed by atoms with E-state index in [1.165, 1.54) is 0 Å². The van der Waals surface area contributed by atoms with Crippen LogP contribution in [0.25, 0.3) is 0 Å². The fourth-order valence-corrected chi connectivity index (χ4v) is 3.70. The van der Waals surface area contributed by atoms with Crippen LogP contribution in [0.1, 0.15) is 62.2 Å². The topological polar surface area (TPSA) is 70.7 Å². The zero-order chi connectivity index (χ0) is 19.1. The Morgan fingerprint density at radius 1 is 1.22 bits per heavy atom. The Bertz CT molecular complexity index is 650. The van der Waals surface area contributed by atoms with E-state index in [1.807, 2.05) is 18.2 Å². The molecule has 0 radical (unpaired) electrons. The molecule has 0 bridgehead atoms. The molecule has 2 heterocycles. The highest BCUT2D eigenvalue weighted by Gasteiger charge is 2.22. The van der Waals surface area contributed by atoms with Crippen LogP contribution in [0.15, 0.2) is 18.2 Å². The summed E-state index contributed by atoms with van der Waals surface area (Å²) >= 11 is 0. The molecule has 1 unspecified atom stereocenters. The van der Waals surface area contributed by atoms with Gasteiger partial charge in [-0.25, -0.2) is 0 Å². The van der Waals surface area contributed by atoms with Crippen LogP contribution in [0.4, 0.5) is 11.4 Å². The van der Waals surface area contributed by atoms with E-state index < -0.39 is 0 Å². The first kappa shape index (κ1) is 19.7. The minimum Gasteiger partial charge on any atom is -0.376 e. The lowest BCUT2D eigenvalue weighted by molar-refractivity contribution is -0.116. The number of nitrogens with one attached hydrogen (secondary N) is 2. The summed E-state index contributed by atoms with van der Waals surface area (Å²) < 4.78 is 5.60. The Hall–Kier alpha value is -2.08. The lowest BCUT2D eigenvalue weighted by Crippen LogP contribution is -2.33. The van der Waals surface area contributed by atoms with Crippen molar-refractivity contribution in [3.63, 3.8) is 0 Å². The van der Waals surface area contributed by atoms with Gasteiger partial charge >= 0.3 is 0 Å². The SMILES string of the molecule is CCCCC(=O)Nc1ccc(N2CCCC2)c(C(=O)NCC2CCCO2)c1. The van der Waals surface area contributed by atoms with E-state index in [0.29, 0.717) is 24.2 Å². The van der Waals surface area contributed by atoms with Gasteiger partial charge in [-0.2, -0.15) is 0 Å². The molecule has 2 aliphatic rings. The number of rotatable bonds is 8. The van der Waals surface area contributed by atoms with Crippen LogP contribution in [0.5, 0.6) is 0 Å². The van der Waals surface area contributed by atoms with Gasteiger partial charge in [-0.1, -0.05) is 13.3 Å². The summed E-state index contributed by atoms with van der Waals surface area (Å²) in [5, 5.41) is 5.94. The second-order valence-corrected chi connectivity index (χ2v) is 7.42. The summed E-state index contributed by atoms with van der Waals surface area (Å²) in [7, 11) is 0. The normalized spacial score (nSPS) is 19.3. The number of carbonyl (C=O) groups is 2. The third-order valence-corrected chi connectivity index (χ3v) is 5.24. The Kier molecular flexibility index (Phi) is 7.10. The molecule has 148 valence electrons. The molecular formula is C21H31N3O3. The molecule has 2 aliphatic heterocycles. The van der Waals surface area contributed by atoms with Gasteiger partial charge in [0.2, 0.25) is 5.91 Å². The lowest BCUT2D eigenvalue weighted by Gasteiger charge is -2.22. The molecule has 27 heavy (non-hydrogen) atoms. The van der Waals surface area contributed by atoms with Gasteiger partial charge in [0.25, 0.3) is 5.91 Å². The Labute approximate surface area is 161 Å². The zero-order valence-corrected chi connectivity index (χ0v) is 16.3. The molecule has 3 rings (SSSR count). The van der Waals surface area contributed by atoms with Crippen molar-refractivity contribution in [2.24, 2.45) is 0 Å². The van der Waals surface area contributed by atoms with Crippen LogP contribution >= 0.6 is 0 Å². The van der Waals surface area contributed by atoms with Crippen molar-refractivity contribution in [2.75, 3.05) is 36.5 Å². The average Bonchev–Trinajstić information content (AvgIpc) is 3.38. The zero-order valence-electron chi connectivity index (χ0n) is 16.3. The summed E-state index contributed by atoms with van der Waals surface area (Å²) in [6.45, 7) is 5.31. The summed E-state index contributed by atoms with van der Waals surface area (Å²) in [4.78, 5) is 27.2. The minimum atomic E-state index is -0.0999. The quantitative estimate of drug-likeness (QED) is 0.733. The first-order valence-electron chi connectivity index (χ1n) is 10.3.